The van der Waals surface area contributed by atoms with E-state index in [1.807, 2.05) is 0 Å². The van der Waals surface area contributed by atoms with Crippen molar-refractivity contribution in [3.8, 4) is 0 Å². The maximum atomic E-state index is 10.7. The molecule has 3 fully saturated rings. The molecule has 0 N–H and O–H groups in total. The van der Waals surface area contributed by atoms with Crippen molar-refractivity contribution < 1.29 is 19.1 Å². The SMILES string of the molecule is C=P([O-])([O-])ON=C(C)OC1CN2CCC1CC2. The van der Waals surface area contributed by atoms with Gasteiger partial charge in [0, 0.05) is 13.5 Å². The van der Waals surface area contributed by atoms with Crippen LogP contribution in [-0.4, -0.2) is 42.8 Å². The summed E-state index contributed by atoms with van der Waals surface area (Å²) in [5.74, 6) is 0.785. The first-order valence-corrected chi connectivity index (χ1v) is 7.44. The molecule has 0 aliphatic carbocycles. The van der Waals surface area contributed by atoms with Gasteiger partial charge in [-0.3, -0.25) is 4.90 Å². The highest BCUT2D eigenvalue weighted by Gasteiger charge is 2.35. The fraction of sp³-hybridized carbons (Fsp3) is 0.800. The van der Waals surface area contributed by atoms with E-state index < -0.39 is 7.57 Å². The first-order valence-electron chi connectivity index (χ1n) is 5.72. The monoisotopic (exact) mass is 260 g/mol. The highest BCUT2D eigenvalue weighted by molar-refractivity contribution is 7.54. The van der Waals surface area contributed by atoms with Crippen molar-refractivity contribution in [2.45, 2.75) is 25.9 Å². The maximum Gasteiger partial charge on any atom is 0.222 e. The first kappa shape index (κ1) is 12.9. The molecule has 3 heterocycles. The Bertz CT molecular complexity index is 346. The Balaban J connectivity index is 1.86. The fourth-order valence-corrected chi connectivity index (χ4v) is 2.64. The number of rotatable bonds is 3. The molecule has 3 saturated heterocycles. The third-order valence-electron chi connectivity index (χ3n) is 3.21. The lowest BCUT2D eigenvalue weighted by molar-refractivity contribution is -0.322. The zero-order valence-corrected chi connectivity index (χ0v) is 10.8. The van der Waals surface area contributed by atoms with Crippen LogP contribution in [0.1, 0.15) is 19.8 Å². The summed E-state index contributed by atoms with van der Waals surface area (Å²) in [7, 11) is -4.06. The highest BCUT2D eigenvalue weighted by Crippen LogP contribution is 2.30. The van der Waals surface area contributed by atoms with E-state index in [1.165, 1.54) is 0 Å². The zero-order chi connectivity index (χ0) is 12.5. The van der Waals surface area contributed by atoms with Crippen LogP contribution in [0.3, 0.4) is 0 Å². The van der Waals surface area contributed by atoms with Crippen LogP contribution in [-0.2, 0) is 9.36 Å². The van der Waals surface area contributed by atoms with E-state index in [9.17, 15) is 9.79 Å². The molecule has 0 radical (unpaired) electrons. The molecule has 3 rings (SSSR count). The Hall–Kier alpha value is -0.550. The van der Waals surface area contributed by atoms with Crippen LogP contribution in [0, 0.1) is 5.92 Å². The lowest BCUT2D eigenvalue weighted by atomic mass is 9.86. The summed E-state index contributed by atoms with van der Waals surface area (Å²) in [4.78, 5) is 23.7. The number of nitrogens with zero attached hydrogens (tertiary/aromatic N) is 2. The van der Waals surface area contributed by atoms with Crippen molar-refractivity contribution in [1.82, 2.24) is 4.90 Å². The lowest BCUT2D eigenvalue weighted by Crippen LogP contribution is -2.51. The van der Waals surface area contributed by atoms with E-state index >= 15 is 0 Å². The zero-order valence-electron chi connectivity index (χ0n) is 9.87. The number of oxime groups is 1. The number of ether oxygens (including phenoxy) is 1. The summed E-state index contributed by atoms with van der Waals surface area (Å²) in [5.41, 5.74) is 0. The van der Waals surface area contributed by atoms with Gasteiger partial charge in [0.15, 0.2) is 0 Å². The van der Waals surface area contributed by atoms with Gasteiger partial charge in [0.1, 0.15) is 6.10 Å². The third-order valence-corrected chi connectivity index (χ3v) is 3.54. The summed E-state index contributed by atoms with van der Waals surface area (Å²) in [6.07, 6.45) is 5.20. The molecule has 7 heteroatoms. The molecule has 0 aromatic carbocycles. The second kappa shape index (κ2) is 4.98. The minimum atomic E-state index is -4.06. The molecule has 3 aliphatic heterocycles. The molecule has 98 valence electrons. The van der Waals surface area contributed by atoms with E-state index in [4.69, 9.17) is 4.74 Å². The molecule has 17 heavy (non-hydrogen) atoms. The van der Waals surface area contributed by atoms with Gasteiger partial charge in [-0.15, -0.1) is 0 Å². The molecular weight excluding hydrogens is 243 g/mol. The molecule has 3 aliphatic rings. The first-order chi connectivity index (χ1) is 7.94. The van der Waals surface area contributed by atoms with Gasteiger partial charge < -0.3 is 19.1 Å². The van der Waals surface area contributed by atoms with Crippen LogP contribution < -0.4 is 9.79 Å². The van der Waals surface area contributed by atoms with Crippen LogP contribution in [0.25, 0.3) is 0 Å². The Morgan fingerprint density at radius 2 is 2.06 bits per heavy atom. The fourth-order valence-electron chi connectivity index (χ4n) is 2.40. The summed E-state index contributed by atoms with van der Waals surface area (Å²) >= 11 is 0. The summed E-state index contributed by atoms with van der Waals surface area (Å²) in [5, 5.41) is 3.41. The summed E-state index contributed by atoms with van der Waals surface area (Å²) in [6, 6.07) is 0. The average molecular weight is 260 g/mol. The molecule has 0 saturated carbocycles. The second-order valence-electron chi connectivity index (χ2n) is 4.60. The van der Waals surface area contributed by atoms with Gasteiger partial charge >= 0.3 is 0 Å². The number of fused-ring (bicyclic) bond motifs is 3. The van der Waals surface area contributed by atoms with Crippen LogP contribution in [0.2, 0.25) is 0 Å². The molecule has 1 unspecified atom stereocenters. The largest absolute Gasteiger partial charge is 0.809 e. The smallest absolute Gasteiger partial charge is 0.222 e. The van der Waals surface area contributed by atoms with Crippen molar-refractivity contribution in [2.24, 2.45) is 11.1 Å². The lowest BCUT2D eigenvalue weighted by Gasteiger charge is -2.44. The van der Waals surface area contributed by atoms with E-state index in [2.05, 4.69) is 21.0 Å². The Labute approximate surface area is 101 Å². The number of hydrogen-bond acceptors (Lipinski definition) is 6. The molecule has 0 amide bonds. The van der Waals surface area contributed by atoms with Crippen molar-refractivity contribution >= 4 is 19.8 Å². The molecular formula is C10H17N2O4P-2. The minimum Gasteiger partial charge on any atom is -0.809 e. The highest BCUT2D eigenvalue weighted by atomic mass is 31.2. The van der Waals surface area contributed by atoms with Crippen LogP contribution in [0.5, 0.6) is 0 Å². The van der Waals surface area contributed by atoms with E-state index in [1.54, 1.807) is 6.92 Å². The van der Waals surface area contributed by atoms with Crippen molar-refractivity contribution in [3.63, 3.8) is 0 Å². The van der Waals surface area contributed by atoms with Gasteiger partial charge in [0.05, 0.1) is 0 Å². The van der Waals surface area contributed by atoms with Crippen molar-refractivity contribution in [3.05, 3.63) is 0 Å². The van der Waals surface area contributed by atoms with Gasteiger partial charge in [-0.05, 0) is 31.8 Å². The van der Waals surface area contributed by atoms with Crippen LogP contribution in [0.4, 0.5) is 0 Å². The third kappa shape index (κ3) is 3.71. The molecule has 0 spiro atoms. The predicted octanol–water partition coefficient (Wildman–Crippen LogP) is -0.638. The molecule has 0 aromatic heterocycles. The Kier molecular flexibility index (Phi) is 3.78. The van der Waals surface area contributed by atoms with Gasteiger partial charge in [-0.1, -0.05) is 19.0 Å². The Morgan fingerprint density at radius 1 is 1.41 bits per heavy atom. The number of piperidine rings is 3. The number of hydrogen-bond donors (Lipinski definition) is 0. The summed E-state index contributed by atoms with van der Waals surface area (Å²) < 4.78 is 9.87. The average Bonchev–Trinajstić information content (AvgIpc) is 2.27. The van der Waals surface area contributed by atoms with Gasteiger partial charge in [-0.25, -0.2) is 0 Å². The quantitative estimate of drug-likeness (QED) is 0.292. The summed E-state index contributed by atoms with van der Waals surface area (Å²) in [6.45, 7) is 4.74. The topological polar surface area (TPSA) is 80.2 Å². The standard InChI is InChI=1S/C10H17N2O4P/c1-8(11-16-17(2,13)14)15-10-7-12-5-3-9(10)4-6-12/h9-10H,2-7H2,1H3/q-2. The van der Waals surface area contributed by atoms with Crippen LogP contribution in [0.15, 0.2) is 5.16 Å². The second-order valence-corrected chi connectivity index (χ2v) is 5.98. The van der Waals surface area contributed by atoms with Crippen molar-refractivity contribution in [1.29, 1.82) is 0 Å². The molecule has 6 nitrogen and oxygen atoms in total. The van der Waals surface area contributed by atoms with Crippen LogP contribution >= 0.6 is 7.57 Å². The Morgan fingerprint density at radius 3 is 2.53 bits per heavy atom. The molecule has 1 atom stereocenters. The van der Waals surface area contributed by atoms with E-state index in [0.717, 1.165) is 32.5 Å². The van der Waals surface area contributed by atoms with E-state index in [0.29, 0.717) is 5.92 Å². The normalized spacial score (nSPS) is 33.6. The molecule has 2 bridgehead atoms. The van der Waals surface area contributed by atoms with E-state index in [-0.39, 0.29) is 12.0 Å². The predicted molar refractivity (Wildman–Crippen MR) is 62.3 cm³/mol. The van der Waals surface area contributed by atoms with Gasteiger partial charge in [0.25, 0.3) is 0 Å². The molecule has 0 aromatic rings. The minimum absolute atomic E-state index is 0.0979. The van der Waals surface area contributed by atoms with Gasteiger partial charge in [0.2, 0.25) is 5.90 Å². The van der Waals surface area contributed by atoms with Crippen molar-refractivity contribution in [2.75, 3.05) is 19.6 Å². The van der Waals surface area contributed by atoms with Gasteiger partial charge in [-0.2, -0.15) is 0 Å². The maximum absolute atomic E-state index is 10.7.